The zero-order valence-corrected chi connectivity index (χ0v) is 8.08. The van der Waals surface area contributed by atoms with Crippen molar-refractivity contribution in [2.45, 2.75) is 6.92 Å². The van der Waals surface area contributed by atoms with Crippen LogP contribution in [-0.4, -0.2) is 17.4 Å². The topological polar surface area (TPSA) is 79.0 Å². The largest absolute Gasteiger partial charge is 0.385 e. The van der Waals surface area contributed by atoms with Crippen LogP contribution in [0.15, 0.2) is 18.2 Å². The number of hydrogen-bond acceptors (Lipinski definition) is 4. The Morgan fingerprint density at radius 1 is 1.67 bits per heavy atom. The molecule has 0 fully saturated rings. The highest BCUT2D eigenvalue weighted by Crippen LogP contribution is 2.22. The molecule has 0 aliphatic carbocycles. The van der Waals surface area contributed by atoms with E-state index < -0.39 is 10.9 Å². The van der Waals surface area contributed by atoms with Crippen LogP contribution < -0.4 is 5.32 Å². The van der Waals surface area contributed by atoms with Gasteiger partial charge in [-0.25, -0.2) is 0 Å². The summed E-state index contributed by atoms with van der Waals surface area (Å²) in [6.07, 6.45) is 0. The minimum atomic E-state index is -1.19. The standard InChI is InChI=1S/C9H10FN3O2/c1-2-12-8-4-3-6(13(14)15)5-7(8)9(10)11/h3-5,11-12H,2H2,1H3. The van der Waals surface area contributed by atoms with E-state index in [1.165, 1.54) is 12.1 Å². The highest BCUT2D eigenvalue weighted by molar-refractivity contribution is 5.97. The van der Waals surface area contributed by atoms with E-state index in [0.29, 0.717) is 12.2 Å². The summed E-state index contributed by atoms with van der Waals surface area (Å²) in [4.78, 5) is 9.81. The molecule has 0 atom stereocenters. The van der Waals surface area contributed by atoms with Crippen LogP contribution in [0.3, 0.4) is 0 Å². The molecule has 6 heteroatoms. The Bertz CT molecular complexity index is 406. The second kappa shape index (κ2) is 4.50. The number of non-ortho nitro benzene ring substituents is 1. The Morgan fingerprint density at radius 3 is 2.80 bits per heavy atom. The Kier molecular flexibility index (Phi) is 3.33. The third kappa shape index (κ3) is 2.49. The van der Waals surface area contributed by atoms with Gasteiger partial charge in [-0.3, -0.25) is 15.5 Å². The van der Waals surface area contributed by atoms with E-state index in [-0.39, 0.29) is 11.3 Å². The van der Waals surface area contributed by atoms with Gasteiger partial charge < -0.3 is 5.32 Å². The summed E-state index contributed by atoms with van der Waals surface area (Å²) in [5.41, 5.74) is 0.0655. The molecule has 2 N–H and O–H groups in total. The Morgan fingerprint density at radius 2 is 2.33 bits per heavy atom. The molecule has 1 rings (SSSR count). The molecule has 0 saturated carbocycles. The van der Waals surface area contributed by atoms with Gasteiger partial charge in [-0.15, -0.1) is 0 Å². The van der Waals surface area contributed by atoms with E-state index in [2.05, 4.69) is 5.32 Å². The molecule has 80 valence electrons. The monoisotopic (exact) mass is 211 g/mol. The molecule has 0 aliphatic heterocycles. The summed E-state index contributed by atoms with van der Waals surface area (Å²) in [5, 5.41) is 20.1. The first kappa shape index (κ1) is 11.1. The van der Waals surface area contributed by atoms with Crippen molar-refractivity contribution >= 4 is 17.3 Å². The molecule has 0 bridgehead atoms. The van der Waals surface area contributed by atoms with E-state index in [9.17, 15) is 14.5 Å². The van der Waals surface area contributed by atoms with Crippen molar-refractivity contribution in [3.63, 3.8) is 0 Å². The predicted molar refractivity (Wildman–Crippen MR) is 55.2 cm³/mol. The minimum absolute atomic E-state index is 0.0916. The van der Waals surface area contributed by atoms with Crippen LogP contribution in [0.25, 0.3) is 0 Å². The van der Waals surface area contributed by atoms with Crippen LogP contribution >= 0.6 is 0 Å². The van der Waals surface area contributed by atoms with Gasteiger partial charge in [-0.2, -0.15) is 4.39 Å². The van der Waals surface area contributed by atoms with Gasteiger partial charge in [-0.05, 0) is 13.0 Å². The quantitative estimate of drug-likeness (QED) is 0.455. The molecule has 1 aromatic rings. The molecule has 0 saturated heterocycles. The second-order valence-corrected chi connectivity index (χ2v) is 2.83. The molecular weight excluding hydrogens is 201 g/mol. The van der Waals surface area contributed by atoms with Gasteiger partial charge in [0.05, 0.1) is 10.5 Å². The highest BCUT2D eigenvalue weighted by atomic mass is 19.1. The van der Waals surface area contributed by atoms with Gasteiger partial charge in [0.25, 0.3) is 5.69 Å². The van der Waals surface area contributed by atoms with Gasteiger partial charge >= 0.3 is 0 Å². The van der Waals surface area contributed by atoms with E-state index in [1.54, 1.807) is 0 Å². The van der Waals surface area contributed by atoms with E-state index in [1.807, 2.05) is 6.92 Å². The summed E-state index contributed by atoms with van der Waals surface area (Å²) in [5.74, 6) is -1.19. The van der Waals surface area contributed by atoms with Crippen molar-refractivity contribution in [3.05, 3.63) is 33.9 Å². The molecule has 15 heavy (non-hydrogen) atoms. The Balaban J connectivity index is 3.20. The van der Waals surface area contributed by atoms with Crippen LogP contribution in [0.4, 0.5) is 15.8 Å². The fourth-order valence-corrected chi connectivity index (χ4v) is 1.17. The number of hydrogen-bond donors (Lipinski definition) is 2. The lowest BCUT2D eigenvalue weighted by molar-refractivity contribution is -0.384. The number of nitro groups is 1. The molecule has 0 aliphatic rings. The first-order chi connectivity index (χ1) is 7.06. The SMILES string of the molecule is CCNc1ccc([N+](=O)[O-])cc1C(=N)F. The highest BCUT2D eigenvalue weighted by Gasteiger charge is 2.13. The zero-order chi connectivity index (χ0) is 11.4. The van der Waals surface area contributed by atoms with Crippen molar-refractivity contribution in [2.75, 3.05) is 11.9 Å². The van der Waals surface area contributed by atoms with Crippen LogP contribution in [0, 0.1) is 15.5 Å². The van der Waals surface area contributed by atoms with Crippen molar-refractivity contribution in [1.29, 1.82) is 5.41 Å². The number of nitrogens with one attached hydrogen (secondary N) is 2. The number of rotatable bonds is 4. The molecule has 0 radical (unpaired) electrons. The maximum absolute atomic E-state index is 12.8. The van der Waals surface area contributed by atoms with Crippen molar-refractivity contribution in [1.82, 2.24) is 0 Å². The number of anilines is 1. The molecule has 5 nitrogen and oxygen atoms in total. The molecule has 0 aromatic heterocycles. The number of nitrogens with zero attached hydrogens (tertiary/aromatic N) is 1. The Hall–Kier alpha value is -1.98. The van der Waals surface area contributed by atoms with Crippen molar-refractivity contribution in [2.24, 2.45) is 0 Å². The molecule has 0 amide bonds. The first-order valence-corrected chi connectivity index (χ1v) is 4.33. The van der Waals surface area contributed by atoms with E-state index in [0.717, 1.165) is 6.07 Å². The van der Waals surface area contributed by atoms with Gasteiger partial charge in [0, 0.05) is 24.4 Å². The predicted octanol–water partition coefficient (Wildman–Crippen LogP) is 2.32. The summed E-state index contributed by atoms with van der Waals surface area (Å²) in [6.45, 7) is 2.37. The summed E-state index contributed by atoms with van der Waals surface area (Å²) in [6, 6.07) is 3.70. The molecule has 0 heterocycles. The van der Waals surface area contributed by atoms with E-state index >= 15 is 0 Å². The van der Waals surface area contributed by atoms with E-state index in [4.69, 9.17) is 5.41 Å². The zero-order valence-electron chi connectivity index (χ0n) is 8.08. The normalized spacial score (nSPS) is 9.73. The summed E-state index contributed by atoms with van der Waals surface area (Å²) in [7, 11) is 0. The molecule has 1 aromatic carbocycles. The van der Waals surface area contributed by atoms with Crippen LogP contribution in [0.1, 0.15) is 12.5 Å². The maximum Gasteiger partial charge on any atom is 0.270 e. The van der Waals surface area contributed by atoms with Crippen molar-refractivity contribution in [3.8, 4) is 0 Å². The fraction of sp³-hybridized carbons (Fsp3) is 0.222. The van der Waals surface area contributed by atoms with Gasteiger partial charge in [0.1, 0.15) is 0 Å². The third-order valence-corrected chi connectivity index (χ3v) is 1.82. The van der Waals surface area contributed by atoms with Gasteiger partial charge in [0.15, 0.2) is 0 Å². The summed E-state index contributed by atoms with van der Waals surface area (Å²) < 4.78 is 12.8. The third-order valence-electron chi connectivity index (χ3n) is 1.82. The Labute approximate surface area is 85.6 Å². The van der Waals surface area contributed by atoms with Gasteiger partial charge in [-0.1, -0.05) is 0 Å². The molecule has 0 unspecified atom stereocenters. The number of halogens is 1. The summed E-state index contributed by atoms with van der Waals surface area (Å²) >= 11 is 0. The second-order valence-electron chi connectivity index (χ2n) is 2.83. The maximum atomic E-state index is 12.8. The lowest BCUT2D eigenvalue weighted by Gasteiger charge is -2.07. The lowest BCUT2D eigenvalue weighted by atomic mass is 10.1. The van der Waals surface area contributed by atoms with Crippen LogP contribution in [0.5, 0.6) is 0 Å². The first-order valence-electron chi connectivity index (χ1n) is 4.33. The average Bonchev–Trinajstić information content (AvgIpc) is 2.18. The fourth-order valence-electron chi connectivity index (χ4n) is 1.17. The van der Waals surface area contributed by atoms with Crippen LogP contribution in [0.2, 0.25) is 0 Å². The minimum Gasteiger partial charge on any atom is -0.385 e. The number of benzene rings is 1. The van der Waals surface area contributed by atoms with Gasteiger partial charge in [0.2, 0.25) is 5.97 Å². The molecular formula is C9H10FN3O2. The number of nitro benzene ring substituents is 1. The lowest BCUT2D eigenvalue weighted by Crippen LogP contribution is -2.04. The smallest absolute Gasteiger partial charge is 0.270 e. The average molecular weight is 211 g/mol. The molecule has 0 spiro atoms. The van der Waals surface area contributed by atoms with Crippen LogP contribution in [-0.2, 0) is 0 Å². The van der Waals surface area contributed by atoms with Crippen molar-refractivity contribution < 1.29 is 9.31 Å².